The molecule has 146 valence electrons. The van der Waals surface area contributed by atoms with E-state index in [0.717, 1.165) is 10.0 Å². The van der Waals surface area contributed by atoms with Gasteiger partial charge < -0.3 is 14.7 Å². The monoisotopic (exact) mass is 463 g/mol. The predicted molar refractivity (Wildman–Crippen MR) is 111 cm³/mol. The van der Waals surface area contributed by atoms with Gasteiger partial charge >= 0.3 is 0 Å². The first-order valence-electron chi connectivity index (χ1n) is 8.72. The number of hydrogen-bond acceptors (Lipinski definition) is 4. The number of rotatable bonds is 6. The smallest absolute Gasteiger partial charge is 0.295 e. The number of methoxy groups -OCH3 is 1. The van der Waals surface area contributed by atoms with Crippen LogP contribution >= 0.6 is 27.5 Å². The molecule has 1 atom stereocenters. The second kappa shape index (κ2) is 8.90. The number of hydrogen-bond donors (Lipinski definition) is 1. The highest BCUT2D eigenvalue weighted by Crippen LogP contribution is 2.40. The van der Waals surface area contributed by atoms with Gasteiger partial charge in [0.15, 0.2) is 0 Å². The van der Waals surface area contributed by atoms with E-state index in [1.54, 1.807) is 31.4 Å². The van der Waals surface area contributed by atoms with Crippen LogP contribution in [0, 0.1) is 0 Å². The SMILES string of the molecule is COCCCN1C(=O)C(=O)/C(=C(/O)c2ccc(Cl)cc2)C1c1cccc(Br)c1. The van der Waals surface area contributed by atoms with Gasteiger partial charge in [0.2, 0.25) is 0 Å². The number of aliphatic hydroxyl groups is 1. The van der Waals surface area contributed by atoms with Gasteiger partial charge in [-0.2, -0.15) is 0 Å². The minimum Gasteiger partial charge on any atom is -0.507 e. The first-order valence-corrected chi connectivity index (χ1v) is 9.90. The molecular formula is C21H19BrClNO4. The minimum absolute atomic E-state index is 0.0721. The number of ether oxygens (including phenoxy) is 1. The third-order valence-electron chi connectivity index (χ3n) is 4.57. The van der Waals surface area contributed by atoms with Gasteiger partial charge in [-0.15, -0.1) is 0 Å². The molecule has 1 heterocycles. The molecule has 1 unspecified atom stereocenters. The molecule has 1 aliphatic heterocycles. The van der Waals surface area contributed by atoms with Crippen LogP contribution in [-0.2, 0) is 14.3 Å². The van der Waals surface area contributed by atoms with Crippen molar-refractivity contribution in [2.45, 2.75) is 12.5 Å². The van der Waals surface area contributed by atoms with E-state index in [0.29, 0.717) is 30.2 Å². The Hall–Kier alpha value is -2.15. The van der Waals surface area contributed by atoms with Crippen LogP contribution in [0.3, 0.4) is 0 Å². The predicted octanol–water partition coefficient (Wildman–Crippen LogP) is 4.56. The van der Waals surface area contributed by atoms with Crippen molar-refractivity contribution >= 4 is 45.0 Å². The summed E-state index contributed by atoms with van der Waals surface area (Å²) >= 11 is 9.35. The highest BCUT2D eigenvalue weighted by atomic mass is 79.9. The van der Waals surface area contributed by atoms with Crippen LogP contribution in [0.4, 0.5) is 0 Å². The number of aliphatic hydroxyl groups excluding tert-OH is 1. The zero-order valence-electron chi connectivity index (χ0n) is 15.2. The van der Waals surface area contributed by atoms with E-state index < -0.39 is 17.7 Å². The highest BCUT2D eigenvalue weighted by molar-refractivity contribution is 9.10. The molecule has 5 nitrogen and oxygen atoms in total. The van der Waals surface area contributed by atoms with Crippen LogP contribution in [0.15, 0.2) is 58.6 Å². The van der Waals surface area contributed by atoms with Gasteiger partial charge in [0.05, 0.1) is 11.6 Å². The number of halogens is 2. The number of ketones is 1. The Morgan fingerprint density at radius 3 is 2.57 bits per heavy atom. The second-order valence-corrected chi connectivity index (χ2v) is 7.75. The maximum absolute atomic E-state index is 12.8. The second-order valence-electron chi connectivity index (χ2n) is 6.40. The lowest BCUT2D eigenvalue weighted by atomic mass is 9.95. The fraction of sp³-hybridized carbons (Fsp3) is 0.238. The van der Waals surface area contributed by atoms with Crippen LogP contribution in [0.1, 0.15) is 23.6 Å². The molecule has 1 N–H and O–H groups in total. The molecule has 1 fully saturated rings. The van der Waals surface area contributed by atoms with Gasteiger partial charge in [-0.25, -0.2) is 0 Å². The summed E-state index contributed by atoms with van der Waals surface area (Å²) in [5, 5.41) is 11.4. The maximum Gasteiger partial charge on any atom is 0.295 e. The molecule has 7 heteroatoms. The average molecular weight is 465 g/mol. The summed E-state index contributed by atoms with van der Waals surface area (Å²) in [5.74, 6) is -1.54. The maximum atomic E-state index is 12.8. The standard InChI is InChI=1S/C21H19BrClNO4/c1-28-11-3-10-24-18(14-4-2-5-15(22)12-14)17(20(26)21(24)27)19(25)13-6-8-16(23)9-7-13/h2,4-9,12,18,25H,3,10-11H2,1H3/b19-17+. The Bertz CT molecular complexity index is 926. The number of carbonyl (C=O) groups excluding carboxylic acids is 2. The van der Waals surface area contributed by atoms with Gasteiger partial charge in [-0.3, -0.25) is 9.59 Å². The van der Waals surface area contributed by atoms with E-state index >= 15 is 0 Å². The number of carbonyl (C=O) groups is 2. The zero-order chi connectivity index (χ0) is 20.3. The summed E-state index contributed by atoms with van der Waals surface area (Å²) in [6.07, 6.45) is 0.578. The molecule has 0 aromatic heterocycles. The topological polar surface area (TPSA) is 66.8 Å². The summed E-state index contributed by atoms with van der Waals surface area (Å²) in [5.41, 5.74) is 1.24. The van der Waals surface area contributed by atoms with E-state index in [9.17, 15) is 14.7 Å². The van der Waals surface area contributed by atoms with Crippen LogP contribution in [0.2, 0.25) is 5.02 Å². The number of nitrogens with zero attached hydrogens (tertiary/aromatic N) is 1. The summed E-state index contributed by atoms with van der Waals surface area (Å²) in [4.78, 5) is 27.0. The number of benzene rings is 2. The Morgan fingerprint density at radius 2 is 1.93 bits per heavy atom. The lowest BCUT2D eigenvalue weighted by Gasteiger charge is -2.25. The van der Waals surface area contributed by atoms with E-state index in [-0.39, 0.29) is 11.3 Å². The molecule has 2 aromatic rings. The van der Waals surface area contributed by atoms with Crippen molar-refractivity contribution in [3.63, 3.8) is 0 Å². The van der Waals surface area contributed by atoms with E-state index in [2.05, 4.69) is 15.9 Å². The molecule has 0 bridgehead atoms. The molecular weight excluding hydrogens is 446 g/mol. The summed E-state index contributed by atoms with van der Waals surface area (Å²) in [6, 6.07) is 13.2. The molecule has 0 spiro atoms. The molecule has 3 rings (SSSR count). The highest BCUT2D eigenvalue weighted by Gasteiger charge is 2.45. The molecule has 28 heavy (non-hydrogen) atoms. The normalized spacial score (nSPS) is 18.7. The Labute approximate surface area is 176 Å². The minimum atomic E-state index is -0.699. The number of amides is 1. The number of Topliss-reactive ketones (excluding diaryl/α,β-unsaturated/α-hetero) is 1. The molecule has 2 aromatic carbocycles. The lowest BCUT2D eigenvalue weighted by Crippen LogP contribution is -2.31. The first kappa shape index (κ1) is 20.6. The summed E-state index contributed by atoms with van der Waals surface area (Å²) in [7, 11) is 1.58. The lowest BCUT2D eigenvalue weighted by molar-refractivity contribution is -0.140. The molecule has 1 amide bonds. The van der Waals surface area contributed by atoms with E-state index in [4.69, 9.17) is 16.3 Å². The van der Waals surface area contributed by atoms with Crippen LogP contribution in [0.5, 0.6) is 0 Å². The molecule has 0 radical (unpaired) electrons. The molecule has 1 saturated heterocycles. The van der Waals surface area contributed by atoms with Gasteiger partial charge in [0.1, 0.15) is 5.76 Å². The molecule has 1 aliphatic rings. The van der Waals surface area contributed by atoms with Crippen LogP contribution in [0.25, 0.3) is 5.76 Å². The average Bonchev–Trinajstić information content (AvgIpc) is 2.93. The number of likely N-dealkylation sites (tertiary alicyclic amines) is 1. The Balaban J connectivity index is 2.12. The van der Waals surface area contributed by atoms with Crippen molar-refractivity contribution in [3.8, 4) is 0 Å². The first-order chi connectivity index (χ1) is 13.4. The van der Waals surface area contributed by atoms with Crippen LogP contribution < -0.4 is 0 Å². The van der Waals surface area contributed by atoms with Crippen molar-refractivity contribution in [1.82, 2.24) is 4.90 Å². The Morgan fingerprint density at radius 1 is 1.21 bits per heavy atom. The van der Waals surface area contributed by atoms with Gasteiger partial charge in [0, 0.05) is 35.3 Å². The van der Waals surface area contributed by atoms with E-state index in [1.165, 1.54) is 4.90 Å². The van der Waals surface area contributed by atoms with Crippen molar-refractivity contribution in [3.05, 3.63) is 74.7 Å². The summed E-state index contributed by atoms with van der Waals surface area (Å²) in [6.45, 7) is 0.804. The quantitative estimate of drug-likeness (QED) is 0.294. The van der Waals surface area contributed by atoms with Gasteiger partial charge in [-0.1, -0.05) is 39.7 Å². The zero-order valence-corrected chi connectivity index (χ0v) is 17.5. The molecule has 0 saturated carbocycles. The van der Waals surface area contributed by atoms with Crippen molar-refractivity contribution in [2.75, 3.05) is 20.3 Å². The Kier molecular flexibility index (Phi) is 6.54. The van der Waals surface area contributed by atoms with E-state index in [1.807, 2.05) is 24.3 Å². The summed E-state index contributed by atoms with van der Waals surface area (Å²) < 4.78 is 5.89. The largest absolute Gasteiger partial charge is 0.507 e. The third kappa shape index (κ3) is 4.14. The van der Waals surface area contributed by atoms with Crippen molar-refractivity contribution in [2.24, 2.45) is 0 Å². The molecule has 0 aliphatic carbocycles. The van der Waals surface area contributed by atoms with Crippen molar-refractivity contribution in [1.29, 1.82) is 0 Å². The van der Waals surface area contributed by atoms with Gasteiger partial charge in [0.25, 0.3) is 11.7 Å². The third-order valence-corrected chi connectivity index (χ3v) is 5.31. The fourth-order valence-electron chi connectivity index (χ4n) is 3.28. The van der Waals surface area contributed by atoms with Crippen LogP contribution in [-0.4, -0.2) is 42.0 Å². The fourth-order valence-corrected chi connectivity index (χ4v) is 3.82. The van der Waals surface area contributed by atoms with Crippen molar-refractivity contribution < 1.29 is 19.4 Å². The van der Waals surface area contributed by atoms with Gasteiger partial charge in [-0.05, 0) is 48.4 Å².